The summed E-state index contributed by atoms with van der Waals surface area (Å²) in [5.74, 6) is -5.66. The van der Waals surface area contributed by atoms with Crippen LogP contribution in [0.4, 0.5) is 0 Å². The average Bonchev–Trinajstić information content (AvgIpc) is 2.71. The zero-order chi connectivity index (χ0) is 23.9. The summed E-state index contributed by atoms with van der Waals surface area (Å²) < 4.78 is 0. The number of hydrogen-bond donors (Lipinski definition) is 7. The lowest BCUT2D eigenvalue weighted by Crippen LogP contribution is -2.49. The summed E-state index contributed by atoms with van der Waals surface area (Å²) in [6.07, 6.45) is -0.522. The van der Waals surface area contributed by atoms with E-state index in [0.29, 0.717) is 0 Å². The van der Waals surface area contributed by atoms with E-state index in [2.05, 4.69) is 10.6 Å². The summed E-state index contributed by atoms with van der Waals surface area (Å²) in [4.78, 5) is 45.7. The number of hydrogen-bond acceptors (Lipinski definition) is 8. The molecule has 0 radical (unpaired) electrons. The number of nitrogens with one attached hydrogen (secondary N) is 2. The predicted molar refractivity (Wildman–Crippen MR) is 113 cm³/mol. The van der Waals surface area contributed by atoms with E-state index in [0.717, 1.165) is 11.8 Å². The van der Waals surface area contributed by atoms with Gasteiger partial charge in [-0.15, -0.1) is 11.8 Å². The molecule has 0 unspecified atom stereocenters. The van der Waals surface area contributed by atoms with Crippen molar-refractivity contribution in [1.29, 1.82) is 0 Å². The van der Waals surface area contributed by atoms with Gasteiger partial charge >= 0.3 is 11.9 Å². The monoisotopic (exact) mass is 517 g/mol. The number of thioether (sulfide) groups is 1. The van der Waals surface area contributed by atoms with Crippen molar-refractivity contribution >= 4 is 70.3 Å². The van der Waals surface area contributed by atoms with Crippen molar-refractivity contribution in [2.75, 3.05) is 12.3 Å². The standard InChI is InChI=1S/C16H18Cl3N3O8S/c17-9-10(18)13(27)14(11(19)12(9)26)31-4-6(15(28)21-3-8(24)25)22-7(23)2-1-5(20)16(29)30/h5-6,26-27H,1-4,20H2,(H,21,28)(H,22,23)(H,24,25)(H,29,30)/t5-,6-/m0/s1. The van der Waals surface area contributed by atoms with E-state index in [1.165, 1.54) is 0 Å². The van der Waals surface area contributed by atoms with Crippen molar-refractivity contribution in [1.82, 2.24) is 10.6 Å². The van der Waals surface area contributed by atoms with Crippen LogP contribution in [0, 0.1) is 0 Å². The third kappa shape index (κ3) is 7.82. The molecule has 0 bridgehead atoms. The highest BCUT2D eigenvalue weighted by molar-refractivity contribution is 7.99. The topological polar surface area (TPSA) is 199 Å². The summed E-state index contributed by atoms with van der Waals surface area (Å²) in [6.45, 7) is -0.723. The number of nitrogens with two attached hydrogens (primary N) is 1. The Kier molecular flexibility index (Phi) is 10.5. The first kappa shape index (κ1) is 26.9. The molecule has 0 aliphatic rings. The number of phenolic OH excluding ortho intramolecular Hbond substituents is 2. The molecule has 11 nitrogen and oxygen atoms in total. The van der Waals surface area contributed by atoms with Crippen LogP contribution in [0.3, 0.4) is 0 Å². The smallest absolute Gasteiger partial charge is 0.322 e. The van der Waals surface area contributed by atoms with E-state index in [1.807, 2.05) is 0 Å². The Morgan fingerprint density at radius 1 is 1.00 bits per heavy atom. The minimum atomic E-state index is -1.33. The molecule has 31 heavy (non-hydrogen) atoms. The van der Waals surface area contributed by atoms with Crippen LogP contribution in [-0.2, 0) is 19.2 Å². The fourth-order valence-corrected chi connectivity index (χ4v) is 3.91. The molecule has 1 aromatic carbocycles. The van der Waals surface area contributed by atoms with Gasteiger partial charge in [-0.1, -0.05) is 34.8 Å². The van der Waals surface area contributed by atoms with E-state index in [-0.39, 0.29) is 38.6 Å². The van der Waals surface area contributed by atoms with Crippen LogP contribution in [-0.4, -0.2) is 68.6 Å². The van der Waals surface area contributed by atoms with Crippen LogP contribution in [0.25, 0.3) is 0 Å². The number of halogens is 3. The van der Waals surface area contributed by atoms with Crippen molar-refractivity contribution in [2.24, 2.45) is 5.73 Å². The number of benzene rings is 1. The van der Waals surface area contributed by atoms with Crippen LogP contribution < -0.4 is 16.4 Å². The molecule has 0 aliphatic heterocycles. The molecule has 15 heteroatoms. The van der Waals surface area contributed by atoms with Crippen LogP contribution in [0.2, 0.25) is 15.1 Å². The van der Waals surface area contributed by atoms with E-state index >= 15 is 0 Å². The molecule has 1 aromatic rings. The molecule has 0 fully saturated rings. The van der Waals surface area contributed by atoms with Gasteiger partial charge in [-0.3, -0.25) is 19.2 Å². The lowest BCUT2D eigenvalue weighted by molar-refractivity contribution is -0.139. The number of carbonyl (C=O) groups excluding carboxylic acids is 2. The third-order valence-corrected chi connectivity index (χ3v) is 6.19. The Balaban J connectivity index is 2.98. The van der Waals surface area contributed by atoms with Gasteiger partial charge in [0.05, 0.1) is 4.90 Å². The van der Waals surface area contributed by atoms with E-state index < -0.39 is 53.9 Å². The predicted octanol–water partition coefficient (Wildman–Crippen LogP) is 1.03. The molecule has 0 aromatic heterocycles. The number of carbonyl (C=O) groups is 4. The minimum Gasteiger partial charge on any atom is -0.505 e. The summed E-state index contributed by atoms with van der Waals surface area (Å²) in [6, 6.07) is -2.60. The molecule has 172 valence electrons. The second-order valence-corrected chi connectivity index (χ2v) is 8.16. The average molecular weight is 519 g/mol. The maximum absolute atomic E-state index is 12.3. The third-order valence-electron chi connectivity index (χ3n) is 3.69. The fraction of sp³-hybridized carbons (Fsp3) is 0.375. The van der Waals surface area contributed by atoms with Gasteiger partial charge in [0.25, 0.3) is 0 Å². The molecule has 0 saturated heterocycles. The first-order chi connectivity index (χ1) is 14.4. The first-order valence-corrected chi connectivity index (χ1v) is 10.5. The zero-order valence-corrected chi connectivity index (χ0v) is 18.6. The Bertz CT molecular complexity index is 857. The SMILES string of the molecule is N[C@@H](CCC(=O)N[C@@H](CSc1c(O)c(Cl)c(Cl)c(O)c1Cl)C(=O)NCC(=O)O)C(=O)O. The van der Waals surface area contributed by atoms with E-state index in [4.69, 9.17) is 50.7 Å². The summed E-state index contributed by atoms with van der Waals surface area (Å²) in [5.41, 5.74) is 5.33. The normalized spacial score (nSPS) is 12.6. The molecule has 2 amide bonds. The number of carboxylic acid groups (broad SMARTS) is 2. The van der Waals surface area contributed by atoms with Gasteiger partial charge in [0.15, 0.2) is 11.5 Å². The lowest BCUT2D eigenvalue weighted by atomic mass is 10.1. The molecule has 0 spiro atoms. The number of aromatic hydroxyl groups is 2. The number of amides is 2. The number of carboxylic acids is 2. The van der Waals surface area contributed by atoms with Gasteiger partial charge in [-0.2, -0.15) is 0 Å². The van der Waals surface area contributed by atoms with Gasteiger partial charge in [0.1, 0.15) is 33.7 Å². The van der Waals surface area contributed by atoms with Crippen LogP contribution in [0.15, 0.2) is 4.90 Å². The minimum absolute atomic E-state index is 0.133. The number of rotatable bonds is 11. The molecule has 0 aliphatic carbocycles. The highest BCUT2D eigenvalue weighted by Crippen LogP contribution is 2.50. The van der Waals surface area contributed by atoms with E-state index in [9.17, 15) is 29.4 Å². The van der Waals surface area contributed by atoms with Gasteiger partial charge < -0.3 is 36.8 Å². The molecule has 0 heterocycles. The quantitative estimate of drug-likeness (QED) is 0.126. The highest BCUT2D eigenvalue weighted by Gasteiger charge is 2.26. The fourth-order valence-electron chi connectivity index (χ4n) is 2.06. The van der Waals surface area contributed by atoms with Crippen molar-refractivity contribution in [3.8, 4) is 11.5 Å². The van der Waals surface area contributed by atoms with Gasteiger partial charge in [0, 0.05) is 12.2 Å². The Labute approximate surface area is 194 Å². The molecule has 2 atom stereocenters. The van der Waals surface area contributed by atoms with Crippen LogP contribution in [0.5, 0.6) is 11.5 Å². The van der Waals surface area contributed by atoms with Crippen molar-refractivity contribution in [3.05, 3.63) is 15.1 Å². The summed E-state index contributed by atoms with van der Waals surface area (Å²) in [7, 11) is 0. The number of aliphatic carboxylic acids is 2. The molecule has 0 saturated carbocycles. The summed E-state index contributed by atoms with van der Waals surface area (Å²) in [5, 5.41) is 40.8. The zero-order valence-electron chi connectivity index (χ0n) is 15.5. The molecule has 8 N–H and O–H groups in total. The Morgan fingerprint density at radius 2 is 1.58 bits per heavy atom. The Morgan fingerprint density at radius 3 is 2.13 bits per heavy atom. The van der Waals surface area contributed by atoms with E-state index in [1.54, 1.807) is 0 Å². The van der Waals surface area contributed by atoms with Crippen LogP contribution >= 0.6 is 46.6 Å². The highest BCUT2D eigenvalue weighted by atomic mass is 35.5. The summed E-state index contributed by atoms with van der Waals surface area (Å²) >= 11 is 18.2. The molecule has 1 rings (SSSR count). The Hall–Kier alpha value is -2.12. The number of phenols is 2. The molecular formula is C16H18Cl3N3O8S. The molecular weight excluding hydrogens is 501 g/mol. The van der Waals surface area contributed by atoms with Gasteiger partial charge in [-0.05, 0) is 6.42 Å². The maximum Gasteiger partial charge on any atom is 0.322 e. The van der Waals surface area contributed by atoms with Crippen molar-refractivity contribution in [2.45, 2.75) is 29.8 Å². The first-order valence-electron chi connectivity index (χ1n) is 8.35. The lowest BCUT2D eigenvalue weighted by Gasteiger charge is -2.19. The van der Waals surface area contributed by atoms with Crippen molar-refractivity contribution < 1.29 is 39.6 Å². The van der Waals surface area contributed by atoms with Crippen molar-refractivity contribution in [3.63, 3.8) is 0 Å². The van der Waals surface area contributed by atoms with Gasteiger partial charge in [0.2, 0.25) is 11.8 Å². The largest absolute Gasteiger partial charge is 0.505 e. The van der Waals surface area contributed by atoms with Crippen LogP contribution in [0.1, 0.15) is 12.8 Å². The second-order valence-electron chi connectivity index (χ2n) is 5.99. The maximum atomic E-state index is 12.3. The van der Waals surface area contributed by atoms with Gasteiger partial charge in [-0.25, -0.2) is 0 Å². The second kappa shape index (κ2) is 12.1.